The molecule has 20 heavy (non-hydrogen) atoms. The minimum absolute atomic E-state index is 0.779. The Balaban J connectivity index is 2.34. The Morgan fingerprint density at radius 1 is 1.15 bits per heavy atom. The van der Waals surface area contributed by atoms with Gasteiger partial charge in [-0.1, -0.05) is 40.5 Å². The first kappa shape index (κ1) is 18.4. The van der Waals surface area contributed by atoms with Gasteiger partial charge in [0.2, 0.25) is 0 Å². The molecule has 0 saturated heterocycles. The highest BCUT2D eigenvalue weighted by molar-refractivity contribution is 7.99. The SMILES string of the molecule is CCSCCCC1CC(CC)CCC1CNCC(C)C. The van der Waals surface area contributed by atoms with Crippen LogP contribution in [0.1, 0.15) is 66.2 Å². The van der Waals surface area contributed by atoms with Gasteiger partial charge in [0.05, 0.1) is 0 Å². The third-order valence-electron chi connectivity index (χ3n) is 4.85. The molecule has 0 amide bonds. The van der Waals surface area contributed by atoms with Gasteiger partial charge in [-0.15, -0.1) is 0 Å². The van der Waals surface area contributed by atoms with E-state index >= 15 is 0 Å². The second-order valence-corrected chi connectivity index (χ2v) is 8.39. The third kappa shape index (κ3) is 7.36. The Labute approximate surface area is 132 Å². The molecule has 0 aromatic rings. The summed E-state index contributed by atoms with van der Waals surface area (Å²) in [5.41, 5.74) is 0. The van der Waals surface area contributed by atoms with Crippen molar-refractivity contribution in [3.63, 3.8) is 0 Å². The molecule has 3 atom stereocenters. The van der Waals surface area contributed by atoms with Crippen molar-refractivity contribution in [1.29, 1.82) is 0 Å². The number of rotatable bonds is 10. The van der Waals surface area contributed by atoms with Crippen LogP contribution in [0.2, 0.25) is 0 Å². The minimum Gasteiger partial charge on any atom is -0.316 e. The zero-order valence-electron chi connectivity index (χ0n) is 14.3. The lowest BCUT2D eigenvalue weighted by atomic mass is 9.71. The Bertz CT molecular complexity index is 229. The summed E-state index contributed by atoms with van der Waals surface area (Å²) < 4.78 is 0. The topological polar surface area (TPSA) is 12.0 Å². The molecule has 1 aliphatic rings. The highest BCUT2D eigenvalue weighted by atomic mass is 32.2. The minimum atomic E-state index is 0.779. The highest BCUT2D eigenvalue weighted by Crippen LogP contribution is 2.37. The van der Waals surface area contributed by atoms with Crippen molar-refractivity contribution in [2.75, 3.05) is 24.6 Å². The van der Waals surface area contributed by atoms with Crippen LogP contribution >= 0.6 is 11.8 Å². The zero-order valence-corrected chi connectivity index (χ0v) is 15.1. The Morgan fingerprint density at radius 2 is 1.95 bits per heavy atom. The van der Waals surface area contributed by atoms with Gasteiger partial charge < -0.3 is 5.32 Å². The zero-order chi connectivity index (χ0) is 14.8. The van der Waals surface area contributed by atoms with Gasteiger partial charge in [0.1, 0.15) is 0 Å². The summed E-state index contributed by atoms with van der Waals surface area (Å²) in [7, 11) is 0. The molecule has 1 nitrogen and oxygen atoms in total. The molecular weight excluding hydrogens is 262 g/mol. The molecule has 1 aliphatic carbocycles. The number of hydrogen-bond donors (Lipinski definition) is 1. The van der Waals surface area contributed by atoms with E-state index in [4.69, 9.17) is 0 Å². The van der Waals surface area contributed by atoms with E-state index in [1.54, 1.807) is 0 Å². The van der Waals surface area contributed by atoms with Crippen molar-refractivity contribution in [3.8, 4) is 0 Å². The van der Waals surface area contributed by atoms with E-state index < -0.39 is 0 Å². The first-order valence-corrected chi connectivity index (χ1v) is 10.1. The lowest BCUT2D eigenvalue weighted by Gasteiger charge is -2.36. The van der Waals surface area contributed by atoms with Crippen molar-refractivity contribution in [3.05, 3.63) is 0 Å². The maximum atomic E-state index is 3.71. The first-order valence-electron chi connectivity index (χ1n) is 8.95. The molecule has 0 aliphatic heterocycles. The van der Waals surface area contributed by atoms with Crippen LogP contribution in [0.15, 0.2) is 0 Å². The quantitative estimate of drug-likeness (QED) is 0.556. The van der Waals surface area contributed by atoms with Crippen molar-refractivity contribution in [1.82, 2.24) is 5.32 Å². The molecule has 3 unspecified atom stereocenters. The summed E-state index contributed by atoms with van der Waals surface area (Å²) >= 11 is 2.11. The van der Waals surface area contributed by atoms with E-state index in [2.05, 4.69) is 44.8 Å². The first-order chi connectivity index (χ1) is 9.67. The van der Waals surface area contributed by atoms with Crippen LogP contribution in [0.4, 0.5) is 0 Å². The summed E-state index contributed by atoms with van der Waals surface area (Å²) in [5, 5.41) is 3.71. The fourth-order valence-electron chi connectivity index (χ4n) is 3.57. The second kappa shape index (κ2) is 11.0. The lowest BCUT2D eigenvalue weighted by molar-refractivity contribution is 0.161. The highest BCUT2D eigenvalue weighted by Gasteiger charge is 2.28. The molecular formula is C18H37NS. The van der Waals surface area contributed by atoms with Gasteiger partial charge in [0.25, 0.3) is 0 Å². The number of nitrogens with one attached hydrogen (secondary N) is 1. The standard InChI is InChI=1S/C18H37NS/c1-5-16-9-10-18(14-19-13-15(3)4)17(12-16)8-7-11-20-6-2/h15-19H,5-14H2,1-4H3. The smallest absolute Gasteiger partial charge is 0.00178 e. The average Bonchev–Trinajstić information content (AvgIpc) is 2.44. The van der Waals surface area contributed by atoms with Crippen LogP contribution in [0.25, 0.3) is 0 Å². The molecule has 120 valence electrons. The monoisotopic (exact) mass is 299 g/mol. The van der Waals surface area contributed by atoms with Crippen molar-refractivity contribution in [2.45, 2.75) is 66.2 Å². The van der Waals surface area contributed by atoms with Gasteiger partial charge in [0.15, 0.2) is 0 Å². The van der Waals surface area contributed by atoms with E-state index in [0.717, 1.165) is 23.7 Å². The summed E-state index contributed by atoms with van der Waals surface area (Å²) in [6, 6.07) is 0. The van der Waals surface area contributed by atoms with E-state index in [-0.39, 0.29) is 0 Å². The van der Waals surface area contributed by atoms with Crippen LogP contribution < -0.4 is 5.32 Å². The van der Waals surface area contributed by atoms with Crippen LogP contribution in [-0.2, 0) is 0 Å². The largest absolute Gasteiger partial charge is 0.316 e. The van der Waals surface area contributed by atoms with Gasteiger partial charge in [0, 0.05) is 0 Å². The van der Waals surface area contributed by atoms with Crippen molar-refractivity contribution < 1.29 is 0 Å². The molecule has 0 spiro atoms. The van der Waals surface area contributed by atoms with Gasteiger partial charge in [-0.3, -0.25) is 0 Å². The van der Waals surface area contributed by atoms with Gasteiger partial charge in [-0.2, -0.15) is 11.8 Å². The van der Waals surface area contributed by atoms with Crippen LogP contribution in [-0.4, -0.2) is 24.6 Å². The van der Waals surface area contributed by atoms with E-state index in [0.29, 0.717) is 0 Å². The molecule has 1 saturated carbocycles. The van der Waals surface area contributed by atoms with Crippen molar-refractivity contribution >= 4 is 11.8 Å². The maximum Gasteiger partial charge on any atom is -0.00178 e. The second-order valence-electron chi connectivity index (χ2n) is 7.00. The van der Waals surface area contributed by atoms with Gasteiger partial charge in [-0.25, -0.2) is 0 Å². The Kier molecular flexibility index (Phi) is 10.1. The van der Waals surface area contributed by atoms with E-state index in [1.807, 2.05) is 0 Å². The summed E-state index contributed by atoms with van der Waals surface area (Å²) in [4.78, 5) is 0. The molecule has 0 aromatic carbocycles. The van der Waals surface area contributed by atoms with Gasteiger partial charge in [-0.05, 0) is 74.0 Å². The number of hydrogen-bond acceptors (Lipinski definition) is 2. The predicted molar refractivity (Wildman–Crippen MR) is 94.6 cm³/mol. The maximum absolute atomic E-state index is 3.71. The van der Waals surface area contributed by atoms with Gasteiger partial charge >= 0.3 is 0 Å². The molecule has 1 fully saturated rings. The molecule has 1 rings (SSSR count). The predicted octanol–water partition coefficient (Wildman–Crippen LogP) is 5.21. The van der Waals surface area contributed by atoms with Crippen molar-refractivity contribution in [2.24, 2.45) is 23.7 Å². The Hall–Kier alpha value is 0.310. The van der Waals surface area contributed by atoms with E-state index in [9.17, 15) is 0 Å². The molecule has 0 bridgehead atoms. The normalized spacial score (nSPS) is 27.1. The Morgan fingerprint density at radius 3 is 2.60 bits per heavy atom. The third-order valence-corrected chi connectivity index (χ3v) is 5.84. The summed E-state index contributed by atoms with van der Waals surface area (Å²) in [5.74, 6) is 6.38. The fraction of sp³-hybridized carbons (Fsp3) is 1.00. The molecule has 0 aromatic heterocycles. The lowest BCUT2D eigenvalue weighted by Crippen LogP contribution is -2.34. The number of thioether (sulfide) groups is 1. The summed E-state index contributed by atoms with van der Waals surface area (Å²) in [6.45, 7) is 11.7. The average molecular weight is 300 g/mol. The van der Waals surface area contributed by atoms with Crippen LogP contribution in [0.3, 0.4) is 0 Å². The molecule has 1 N–H and O–H groups in total. The molecule has 0 heterocycles. The van der Waals surface area contributed by atoms with Crippen LogP contribution in [0.5, 0.6) is 0 Å². The van der Waals surface area contributed by atoms with Crippen LogP contribution in [0, 0.1) is 23.7 Å². The fourth-order valence-corrected chi connectivity index (χ4v) is 4.23. The molecule has 0 radical (unpaired) electrons. The summed E-state index contributed by atoms with van der Waals surface area (Å²) in [6.07, 6.45) is 8.74. The van der Waals surface area contributed by atoms with E-state index in [1.165, 1.54) is 63.1 Å². The molecule has 2 heteroatoms.